The number of amides is 3. The molecule has 3 fully saturated rings. The first-order valence-corrected chi connectivity index (χ1v) is 12.8. The highest BCUT2D eigenvalue weighted by Crippen LogP contribution is 2.45. The average Bonchev–Trinajstić information content (AvgIpc) is 3.69. The summed E-state index contributed by atoms with van der Waals surface area (Å²) in [4.78, 5) is 44.1. The van der Waals surface area contributed by atoms with Crippen LogP contribution >= 0.6 is 0 Å². The van der Waals surface area contributed by atoms with Crippen LogP contribution < -0.4 is 0 Å². The van der Waals surface area contributed by atoms with Gasteiger partial charge in [0.1, 0.15) is 0 Å². The van der Waals surface area contributed by atoms with Crippen LogP contribution in [0.5, 0.6) is 0 Å². The van der Waals surface area contributed by atoms with Crippen LogP contribution in [0.3, 0.4) is 0 Å². The number of methoxy groups -OCH3 is 1. The Balaban J connectivity index is 1.46. The van der Waals surface area contributed by atoms with E-state index in [-0.39, 0.29) is 42.6 Å². The van der Waals surface area contributed by atoms with Crippen LogP contribution in [0, 0.1) is 0 Å². The van der Waals surface area contributed by atoms with Gasteiger partial charge in [-0.25, -0.2) is 0 Å². The lowest BCUT2D eigenvalue weighted by Crippen LogP contribution is -2.48. The average molecular weight is 475 g/mol. The Hall–Kier alpha value is -2.99. The largest absolute Gasteiger partial charge is 0.385 e. The first-order chi connectivity index (χ1) is 17.0. The summed E-state index contributed by atoms with van der Waals surface area (Å²) in [6.07, 6.45) is 5.63. The SMILES string of the molecule is COCC[C@H]1CCCCN1C(=O)C[C@@]1(c2ccc(-c3ccccc3)cc2)CC(=O)N(C2CC2)C1=O. The number of carbonyl (C=O) groups is 3. The van der Waals surface area contributed by atoms with Crippen LogP contribution in [0.25, 0.3) is 11.1 Å². The summed E-state index contributed by atoms with van der Waals surface area (Å²) >= 11 is 0. The monoisotopic (exact) mass is 474 g/mol. The Labute approximate surface area is 207 Å². The maximum Gasteiger partial charge on any atom is 0.241 e. The van der Waals surface area contributed by atoms with E-state index in [4.69, 9.17) is 4.74 Å². The molecule has 0 aromatic heterocycles. The van der Waals surface area contributed by atoms with Gasteiger partial charge in [-0.05, 0) is 55.2 Å². The second-order valence-electron chi connectivity index (χ2n) is 10.2. The molecule has 0 unspecified atom stereocenters. The molecular weight excluding hydrogens is 440 g/mol. The van der Waals surface area contributed by atoms with Gasteiger partial charge in [-0.15, -0.1) is 0 Å². The van der Waals surface area contributed by atoms with Gasteiger partial charge in [0.15, 0.2) is 0 Å². The number of likely N-dealkylation sites (tertiary alicyclic amines) is 2. The van der Waals surface area contributed by atoms with E-state index in [0.717, 1.165) is 55.2 Å². The third-order valence-electron chi connectivity index (χ3n) is 7.86. The highest BCUT2D eigenvalue weighted by Gasteiger charge is 2.57. The lowest BCUT2D eigenvalue weighted by atomic mass is 9.75. The van der Waals surface area contributed by atoms with Crippen LogP contribution in [0.4, 0.5) is 0 Å². The molecule has 2 saturated heterocycles. The van der Waals surface area contributed by atoms with Gasteiger partial charge in [0, 0.05) is 45.2 Å². The zero-order valence-electron chi connectivity index (χ0n) is 20.4. The number of carbonyl (C=O) groups excluding carboxylic acids is 3. The number of rotatable bonds is 8. The summed E-state index contributed by atoms with van der Waals surface area (Å²) < 4.78 is 5.28. The molecule has 1 aliphatic carbocycles. The number of hydrogen-bond acceptors (Lipinski definition) is 4. The molecule has 35 heavy (non-hydrogen) atoms. The fourth-order valence-electron chi connectivity index (χ4n) is 5.79. The van der Waals surface area contributed by atoms with Crippen molar-refractivity contribution in [3.8, 4) is 11.1 Å². The molecule has 0 radical (unpaired) electrons. The minimum absolute atomic E-state index is 0.00000660. The number of hydrogen-bond donors (Lipinski definition) is 0. The van der Waals surface area contributed by atoms with Gasteiger partial charge in [0.05, 0.1) is 5.41 Å². The van der Waals surface area contributed by atoms with Crippen molar-refractivity contribution in [3.05, 3.63) is 60.2 Å². The lowest BCUT2D eigenvalue weighted by molar-refractivity contribution is -0.144. The molecule has 5 rings (SSSR count). The van der Waals surface area contributed by atoms with E-state index in [1.165, 1.54) is 4.90 Å². The molecule has 3 amide bonds. The Kier molecular flexibility index (Phi) is 6.74. The number of nitrogens with zero attached hydrogens (tertiary/aromatic N) is 2. The van der Waals surface area contributed by atoms with Gasteiger partial charge in [0.25, 0.3) is 0 Å². The van der Waals surface area contributed by atoms with Gasteiger partial charge in [-0.2, -0.15) is 0 Å². The van der Waals surface area contributed by atoms with Crippen molar-refractivity contribution in [2.75, 3.05) is 20.3 Å². The number of piperidine rings is 1. The molecule has 1 saturated carbocycles. The highest BCUT2D eigenvalue weighted by molar-refractivity contribution is 6.11. The van der Waals surface area contributed by atoms with E-state index in [1.54, 1.807) is 7.11 Å². The molecule has 0 bridgehead atoms. The van der Waals surface area contributed by atoms with Crippen molar-refractivity contribution in [3.63, 3.8) is 0 Å². The van der Waals surface area contributed by atoms with Crippen molar-refractivity contribution < 1.29 is 19.1 Å². The van der Waals surface area contributed by atoms with Gasteiger partial charge in [-0.3, -0.25) is 19.3 Å². The molecule has 0 spiro atoms. The molecule has 2 aromatic carbocycles. The third-order valence-corrected chi connectivity index (χ3v) is 7.86. The van der Waals surface area contributed by atoms with Crippen LogP contribution in [0.15, 0.2) is 54.6 Å². The van der Waals surface area contributed by atoms with Crippen molar-refractivity contribution in [2.45, 2.75) is 68.9 Å². The predicted molar refractivity (Wildman–Crippen MR) is 134 cm³/mol. The van der Waals surface area contributed by atoms with Crippen LogP contribution in [-0.4, -0.2) is 59.9 Å². The first-order valence-electron chi connectivity index (χ1n) is 12.8. The van der Waals surface area contributed by atoms with Crippen molar-refractivity contribution in [1.29, 1.82) is 0 Å². The molecule has 2 heterocycles. The van der Waals surface area contributed by atoms with Crippen molar-refractivity contribution >= 4 is 17.7 Å². The maximum absolute atomic E-state index is 13.9. The third kappa shape index (κ3) is 4.64. The van der Waals surface area contributed by atoms with Crippen molar-refractivity contribution in [1.82, 2.24) is 9.80 Å². The second-order valence-corrected chi connectivity index (χ2v) is 10.2. The predicted octanol–water partition coefficient (Wildman–Crippen LogP) is 4.32. The minimum atomic E-state index is -1.13. The molecular formula is C29H34N2O4. The Morgan fingerprint density at radius 3 is 2.37 bits per heavy atom. The standard InChI is InChI=1S/C29H34N2O4/c1-35-18-16-24-9-5-6-17-30(24)26(32)19-29(20-27(33)31(28(29)34)25-14-15-25)23-12-10-22(11-13-23)21-7-3-2-4-8-21/h2-4,7-8,10-13,24-25H,5-6,9,14-20H2,1H3/t24-,29+/m1/s1. The molecule has 2 atom stereocenters. The lowest BCUT2D eigenvalue weighted by Gasteiger charge is -2.38. The van der Waals surface area contributed by atoms with Crippen LogP contribution in [0.1, 0.15) is 56.9 Å². The maximum atomic E-state index is 13.9. The van der Waals surface area contributed by atoms with E-state index in [0.29, 0.717) is 13.2 Å². The summed E-state index contributed by atoms with van der Waals surface area (Å²) in [5.74, 6) is -0.375. The number of ether oxygens (including phenoxy) is 1. The molecule has 3 aliphatic rings. The van der Waals surface area contributed by atoms with E-state index in [1.807, 2.05) is 59.5 Å². The summed E-state index contributed by atoms with van der Waals surface area (Å²) in [5, 5.41) is 0. The minimum Gasteiger partial charge on any atom is -0.385 e. The fraction of sp³-hybridized carbons (Fsp3) is 0.483. The summed E-state index contributed by atoms with van der Waals surface area (Å²) in [6, 6.07) is 18.1. The topological polar surface area (TPSA) is 66.9 Å². The number of benzene rings is 2. The van der Waals surface area contributed by atoms with E-state index in [9.17, 15) is 14.4 Å². The molecule has 6 heteroatoms. The summed E-state index contributed by atoms with van der Waals surface area (Å²) in [6.45, 7) is 1.30. The molecule has 0 N–H and O–H groups in total. The van der Waals surface area contributed by atoms with Crippen LogP contribution in [0.2, 0.25) is 0 Å². The fourth-order valence-corrected chi connectivity index (χ4v) is 5.79. The zero-order chi connectivity index (χ0) is 24.4. The quantitative estimate of drug-likeness (QED) is 0.535. The normalized spacial score (nSPS) is 24.8. The van der Waals surface area contributed by atoms with Gasteiger partial charge in [-0.1, -0.05) is 54.6 Å². The number of imide groups is 1. The van der Waals surface area contributed by atoms with E-state index < -0.39 is 5.41 Å². The van der Waals surface area contributed by atoms with Gasteiger partial charge >= 0.3 is 0 Å². The van der Waals surface area contributed by atoms with Crippen molar-refractivity contribution in [2.24, 2.45) is 0 Å². The van der Waals surface area contributed by atoms with Gasteiger partial charge < -0.3 is 9.64 Å². The Morgan fingerprint density at radius 2 is 1.69 bits per heavy atom. The van der Waals surface area contributed by atoms with Crippen LogP contribution in [-0.2, 0) is 24.5 Å². The highest BCUT2D eigenvalue weighted by atomic mass is 16.5. The summed E-state index contributed by atoms with van der Waals surface area (Å²) in [7, 11) is 1.68. The zero-order valence-corrected chi connectivity index (χ0v) is 20.4. The van der Waals surface area contributed by atoms with E-state index in [2.05, 4.69) is 0 Å². The smallest absolute Gasteiger partial charge is 0.241 e. The molecule has 2 aliphatic heterocycles. The Morgan fingerprint density at radius 1 is 0.971 bits per heavy atom. The molecule has 184 valence electrons. The van der Waals surface area contributed by atoms with Gasteiger partial charge in [0.2, 0.25) is 17.7 Å². The van der Waals surface area contributed by atoms with E-state index >= 15 is 0 Å². The molecule has 6 nitrogen and oxygen atoms in total. The Bertz CT molecular complexity index is 1080. The summed E-state index contributed by atoms with van der Waals surface area (Å²) in [5.41, 5.74) is 1.77. The second kappa shape index (κ2) is 9.94. The molecule has 2 aromatic rings. The first kappa shape index (κ1) is 23.7.